The second-order valence-corrected chi connectivity index (χ2v) is 5.03. The van der Waals surface area contributed by atoms with Gasteiger partial charge in [-0.05, 0) is 37.9 Å². The maximum absolute atomic E-state index is 6.22. The van der Waals surface area contributed by atoms with Gasteiger partial charge in [0.25, 0.3) is 0 Å². The van der Waals surface area contributed by atoms with Crippen LogP contribution in [0.25, 0.3) is 0 Å². The van der Waals surface area contributed by atoms with Gasteiger partial charge in [-0.3, -0.25) is 0 Å². The van der Waals surface area contributed by atoms with E-state index < -0.39 is 0 Å². The van der Waals surface area contributed by atoms with Gasteiger partial charge < -0.3 is 16.4 Å². The Kier molecular flexibility index (Phi) is 3.33. The smallest absolute Gasteiger partial charge is 0.0143 e. The maximum Gasteiger partial charge on any atom is 0.0143 e. The standard InChI is InChI=1S/C10H23N3/c1-10(2,7-11)9(12)8-4-5-13(3)6-8/h8-9H,4-7,11-12H2,1-3H3. The Bertz CT molecular complexity index is 168. The van der Waals surface area contributed by atoms with E-state index in [-0.39, 0.29) is 11.5 Å². The summed E-state index contributed by atoms with van der Waals surface area (Å²) in [5.74, 6) is 0.628. The molecule has 4 N–H and O–H groups in total. The van der Waals surface area contributed by atoms with E-state index in [4.69, 9.17) is 11.5 Å². The van der Waals surface area contributed by atoms with Crippen molar-refractivity contribution in [2.24, 2.45) is 22.8 Å². The van der Waals surface area contributed by atoms with Crippen molar-refractivity contribution in [2.75, 3.05) is 26.7 Å². The van der Waals surface area contributed by atoms with Crippen LogP contribution in [-0.4, -0.2) is 37.6 Å². The first-order valence-electron chi connectivity index (χ1n) is 5.11. The van der Waals surface area contributed by atoms with Crippen molar-refractivity contribution in [3.05, 3.63) is 0 Å². The summed E-state index contributed by atoms with van der Waals surface area (Å²) in [5.41, 5.74) is 12.0. The highest BCUT2D eigenvalue weighted by atomic mass is 15.1. The third-order valence-corrected chi connectivity index (χ3v) is 3.36. The van der Waals surface area contributed by atoms with Crippen LogP contribution in [0.15, 0.2) is 0 Å². The minimum atomic E-state index is 0.0792. The van der Waals surface area contributed by atoms with E-state index in [1.54, 1.807) is 0 Å². The molecule has 1 fully saturated rings. The van der Waals surface area contributed by atoms with Crippen LogP contribution in [0.2, 0.25) is 0 Å². The van der Waals surface area contributed by atoms with Gasteiger partial charge >= 0.3 is 0 Å². The van der Waals surface area contributed by atoms with E-state index in [0.29, 0.717) is 12.5 Å². The molecular weight excluding hydrogens is 162 g/mol. The Balaban J connectivity index is 2.52. The van der Waals surface area contributed by atoms with E-state index >= 15 is 0 Å². The van der Waals surface area contributed by atoms with Crippen molar-refractivity contribution in [1.29, 1.82) is 0 Å². The van der Waals surface area contributed by atoms with Crippen molar-refractivity contribution in [2.45, 2.75) is 26.3 Å². The van der Waals surface area contributed by atoms with Gasteiger partial charge in [0.05, 0.1) is 0 Å². The summed E-state index contributed by atoms with van der Waals surface area (Å²) in [6.07, 6.45) is 1.22. The molecule has 3 heteroatoms. The molecule has 1 rings (SSSR count). The van der Waals surface area contributed by atoms with Crippen LogP contribution >= 0.6 is 0 Å². The van der Waals surface area contributed by atoms with Crippen LogP contribution in [0.3, 0.4) is 0 Å². The maximum atomic E-state index is 6.22. The number of nitrogens with two attached hydrogens (primary N) is 2. The number of rotatable bonds is 3. The van der Waals surface area contributed by atoms with Crippen LogP contribution in [0.1, 0.15) is 20.3 Å². The minimum absolute atomic E-state index is 0.0792. The molecule has 0 radical (unpaired) electrons. The number of hydrogen-bond acceptors (Lipinski definition) is 3. The van der Waals surface area contributed by atoms with E-state index in [1.165, 1.54) is 13.0 Å². The van der Waals surface area contributed by atoms with Crippen molar-refractivity contribution >= 4 is 0 Å². The largest absolute Gasteiger partial charge is 0.330 e. The molecule has 1 aliphatic heterocycles. The molecule has 0 spiro atoms. The molecule has 2 unspecified atom stereocenters. The summed E-state index contributed by atoms with van der Waals surface area (Å²) in [6.45, 7) is 7.31. The average Bonchev–Trinajstić information content (AvgIpc) is 2.50. The fourth-order valence-corrected chi connectivity index (χ4v) is 2.04. The molecule has 1 aliphatic rings. The first-order valence-corrected chi connectivity index (χ1v) is 5.11. The van der Waals surface area contributed by atoms with Crippen LogP contribution in [0.4, 0.5) is 0 Å². The van der Waals surface area contributed by atoms with Crippen molar-refractivity contribution in [3.8, 4) is 0 Å². The normalized spacial score (nSPS) is 27.9. The first-order chi connectivity index (χ1) is 5.97. The van der Waals surface area contributed by atoms with Gasteiger partial charge in [-0.15, -0.1) is 0 Å². The van der Waals surface area contributed by atoms with Crippen LogP contribution in [0, 0.1) is 11.3 Å². The first kappa shape index (κ1) is 11.0. The van der Waals surface area contributed by atoms with E-state index in [2.05, 4.69) is 25.8 Å². The van der Waals surface area contributed by atoms with Crippen LogP contribution in [-0.2, 0) is 0 Å². The molecule has 0 amide bonds. The van der Waals surface area contributed by atoms with Gasteiger partial charge in [0.15, 0.2) is 0 Å². The van der Waals surface area contributed by atoms with E-state index in [9.17, 15) is 0 Å². The zero-order valence-corrected chi connectivity index (χ0v) is 9.09. The van der Waals surface area contributed by atoms with Gasteiger partial charge in [0.2, 0.25) is 0 Å². The molecule has 0 bridgehead atoms. The van der Waals surface area contributed by atoms with E-state index in [0.717, 1.165) is 6.54 Å². The van der Waals surface area contributed by atoms with Crippen molar-refractivity contribution in [3.63, 3.8) is 0 Å². The lowest BCUT2D eigenvalue weighted by molar-refractivity contribution is 0.222. The molecule has 2 atom stereocenters. The Labute approximate surface area is 81.5 Å². The fourth-order valence-electron chi connectivity index (χ4n) is 2.04. The highest BCUT2D eigenvalue weighted by Gasteiger charge is 2.34. The third-order valence-electron chi connectivity index (χ3n) is 3.36. The Hall–Kier alpha value is -0.120. The molecule has 1 saturated heterocycles. The third kappa shape index (κ3) is 2.42. The van der Waals surface area contributed by atoms with Crippen LogP contribution < -0.4 is 11.5 Å². The number of nitrogens with zero attached hydrogens (tertiary/aromatic N) is 1. The molecular formula is C10H23N3. The van der Waals surface area contributed by atoms with Gasteiger partial charge in [-0.25, -0.2) is 0 Å². The van der Waals surface area contributed by atoms with Gasteiger partial charge in [0, 0.05) is 12.6 Å². The summed E-state index contributed by atoms with van der Waals surface area (Å²) >= 11 is 0. The highest BCUT2D eigenvalue weighted by Crippen LogP contribution is 2.28. The highest BCUT2D eigenvalue weighted by molar-refractivity contribution is 4.91. The topological polar surface area (TPSA) is 55.3 Å². The fraction of sp³-hybridized carbons (Fsp3) is 1.00. The molecule has 0 aromatic carbocycles. The Morgan fingerprint density at radius 2 is 2.15 bits per heavy atom. The molecule has 0 saturated carbocycles. The van der Waals surface area contributed by atoms with Crippen molar-refractivity contribution < 1.29 is 0 Å². The predicted molar refractivity (Wildman–Crippen MR) is 56.4 cm³/mol. The molecule has 78 valence electrons. The molecule has 3 nitrogen and oxygen atoms in total. The number of hydrogen-bond donors (Lipinski definition) is 2. The minimum Gasteiger partial charge on any atom is -0.330 e. The molecule has 0 aromatic rings. The number of likely N-dealkylation sites (tertiary alicyclic amines) is 1. The summed E-state index contributed by atoms with van der Waals surface area (Å²) in [6, 6.07) is 0.238. The lowest BCUT2D eigenvalue weighted by Crippen LogP contribution is -2.48. The molecule has 0 aliphatic carbocycles. The molecule has 0 aromatic heterocycles. The average molecular weight is 185 g/mol. The zero-order valence-electron chi connectivity index (χ0n) is 9.09. The summed E-state index contributed by atoms with van der Waals surface area (Å²) in [5, 5.41) is 0. The Morgan fingerprint density at radius 1 is 1.54 bits per heavy atom. The SMILES string of the molecule is CN1CCC(C(N)C(C)(C)CN)C1. The van der Waals surface area contributed by atoms with Gasteiger partial charge in [-0.2, -0.15) is 0 Å². The van der Waals surface area contributed by atoms with Gasteiger partial charge in [-0.1, -0.05) is 13.8 Å². The summed E-state index contributed by atoms with van der Waals surface area (Å²) < 4.78 is 0. The predicted octanol–water partition coefficient (Wildman–Crippen LogP) is 0.250. The van der Waals surface area contributed by atoms with E-state index in [1.807, 2.05) is 0 Å². The second kappa shape index (κ2) is 3.95. The summed E-state index contributed by atoms with van der Waals surface area (Å²) in [4.78, 5) is 2.34. The quantitative estimate of drug-likeness (QED) is 0.663. The van der Waals surface area contributed by atoms with Crippen molar-refractivity contribution in [1.82, 2.24) is 4.90 Å². The lowest BCUT2D eigenvalue weighted by atomic mass is 9.77. The second-order valence-electron chi connectivity index (χ2n) is 5.03. The van der Waals surface area contributed by atoms with Gasteiger partial charge in [0.1, 0.15) is 0 Å². The lowest BCUT2D eigenvalue weighted by Gasteiger charge is -2.34. The molecule has 1 heterocycles. The summed E-state index contributed by atoms with van der Waals surface area (Å²) in [7, 11) is 2.15. The zero-order chi connectivity index (χ0) is 10.1. The van der Waals surface area contributed by atoms with Crippen LogP contribution in [0.5, 0.6) is 0 Å². The monoisotopic (exact) mass is 185 g/mol. The Morgan fingerprint density at radius 3 is 2.54 bits per heavy atom. The molecule has 13 heavy (non-hydrogen) atoms.